The van der Waals surface area contributed by atoms with E-state index in [1.54, 1.807) is 11.3 Å². The number of thiophene rings is 1. The van der Waals surface area contributed by atoms with Gasteiger partial charge in [0, 0.05) is 37.1 Å². The SMILES string of the molecule is CCNC(=NCC(C)c1cccs1)NCCCOC1CCOC1. The van der Waals surface area contributed by atoms with E-state index in [-0.39, 0.29) is 0 Å². The second-order valence-electron chi connectivity index (χ2n) is 5.77. The normalized spacial score (nSPS) is 19.7. The molecule has 0 amide bonds. The highest BCUT2D eigenvalue weighted by molar-refractivity contribution is 7.10. The number of ether oxygens (including phenoxy) is 2. The number of hydrogen-bond acceptors (Lipinski definition) is 4. The van der Waals surface area contributed by atoms with Gasteiger partial charge in [-0.1, -0.05) is 13.0 Å². The molecule has 0 aliphatic carbocycles. The van der Waals surface area contributed by atoms with Crippen molar-refractivity contribution in [3.05, 3.63) is 22.4 Å². The molecule has 5 nitrogen and oxygen atoms in total. The summed E-state index contributed by atoms with van der Waals surface area (Å²) >= 11 is 1.80. The Morgan fingerprint density at radius 3 is 3.13 bits per heavy atom. The minimum atomic E-state index is 0.295. The summed E-state index contributed by atoms with van der Waals surface area (Å²) in [6, 6.07) is 4.27. The molecule has 2 heterocycles. The first-order chi connectivity index (χ1) is 11.3. The predicted octanol–water partition coefficient (Wildman–Crippen LogP) is 2.60. The lowest BCUT2D eigenvalue weighted by Gasteiger charge is -2.14. The Hall–Kier alpha value is -1.11. The van der Waals surface area contributed by atoms with E-state index >= 15 is 0 Å². The van der Waals surface area contributed by atoms with E-state index in [0.717, 1.165) is 58.3 Å². The van der Waals surface area contributed by atoms with E-state index in [0.29, 0.717) is 12.0 Å². The number of rotatable bonds is 9. The zero-order valence-electron chi connectivity index (χ0n) is 14.2. The molecule has 0 spiro atoms. The second kappa shape index (κ2) is 10.6. The van der Waals surface area contributed by atoms with E-state index in [1.165, 1.54) is 4.88 Å². The van der Waals surface area contributed by atoms with Gasteiger partial charge in [-0.25, -0.2) is 0 Å². The van der Waals surface area contributed by atoms with Crippen molar-refractivity contribution in [2.24, 2.45) is 4.99 Å². The van der Waals surface area contributed by atoms with Crippen LogP contribution in [0.1, 0.15) is 37.5 Å². The van der Waals surface area contributed by atoms with Gasteiger partial charge in [-0.3, -0.25) is 4.99 Å². The summed E-state index contributed by atoms with van der Waals surface area (Å²) in [7, 11) is 0. The minimum Gasteiger partial charge on any atom is -0.379 e. The summed E-state index contributed by atoms with van der Waals surface area (Å²) in [5.41, 5.74) is 0. The molecule has 1 aromatic heterocycles. The highest BCUT2D eigenvalue weighted by Gasteiger charge is 2.15. The lowest BCUT2D eigenvalue weighted by atomic mass is 10.1. The first kappa shape index (κ1) is 18.2. The topological polar surface area (TPSA) is 54.9 Å². The van der Waals surface area contributed by atoms with Crippen molar-refractivity contribution in [3.8, 4) is 0 Å². The molecule has 1 aliphatic rings. The first-order valence-electron chi connectivity index (χ1n) is 8.54. The fraction of sp³-hybridized carbons (Fsp3) is 0.706. The summed E-state index contributed by atoms with van der Waals surface area (Å²) in [6.07, 6.45) is 2.29. The van der Waals surface area contributed by atoms with Crippen molar-refractivity contribution in [2.45, 2.75) is 38.7 Å². The third-order valence-electron chi connectivity index (χ3n) is 3.75. The molecular weight excluding hydrogens is 310 g/mol. The Bertz CT molecular complexity index is 445. The van der Waals surface area contributed by atoms with Crippen LogP contribution >= 0.6 is 11.3 Å². The minimum absolute atomic E-state index is 0.295. The Morgan fingerprint density at radius 1 is 1.52 bits per heavy atom. The number of nitrogens with one attached hydrogen (secondary N) is 2. The Balaban J connectivity index is 1.64. The van der Waals surface area contributed by atoms with Gasteiger partial charge in [-0.2, -0.15) is 0 Å². The van der Waals surface area contributed by atoms with Gasteiger partial charge in [0.25, 0.3) is 0 Å². The van der Waals surface area contributed by atoms with Gasteiger partial charge >= 0.3 is 0 Å². The largest absolute Gasteiger partial charge is 0.379 e. The van der Waals surface area contributed by atoms with Crippen LogP contribution in [0.25, 0.3) is 0 Å². The van der Waals surface area contributed by atoms with Crippen LogP contribution in [0.15, 0.2) is 22.5 Å². The molecule has 0 saturated carbocycles. The van der Waals surface area contributed by atoms with Gasteiger partial charge in [0.15, 0.2) is 5.96 Å². The monoisotopic (exact) mass is 339 g/mol. The third kappa shape index (κ3) is 6.89. The summed E-state index contributed by atoms with van der Waals surface area (Å²) < 4.78 is 11.1. The zero-order chi connectivity index (χ0) is 16.3. The van der Waals surface area contributed by atoms with E-state index in [9.17, 15) is 0 Å². The predicted molar refractivity (Wildman–Crippen MR) is 96.5 cm³/mol. The molecule has 1 fully saturated rings. The second-order valence-corrected chi connectivity index (χ2v) is 6.75. The maximum atomic E-state index is 5.77. The Kier molecular flexibility index (Phi) is 8.42. The van der Waals surface area contributed by atoms with Crippen molar-refractivity contribution in [1.29, 1.82) is 0 Å². The molecule has 130 valence electrons. The van der Waals surface area contributed by atoms with Crippen molar-refractivity contribution >= 4 is 17.3 Å². The van der Waals surface area contributed by atoms with Gasteiger partial charge in [0.1, 0.15) is 0 Å². The molecule has 1 saturated heterocycles. The summed E-state index contributed by atoms with van der Waals surface area (Å²) in [5.74, 6) is 1.34. The van der Waals surface area contributed by atoms with E-state index < -0.39 is 0 Å². The molecule has 2 N–H and O–H groups in total. The average Bonchev–Trinajstić information content (AvgIpc) is 3.25. The fourth-order valence-electron chi connectivity index (χ4n) is 2.40. The molecule has 0 radical (unpaired) electrons. The van der Waals surface area contributed by atoms with Crippen molar-refractivity contribution in [2.75, 3.05) is 39.5 Å². The summed E-state index contributed by atoms with van der Waals surface area (Å²) in [5, 5.41) is 8.79. The van der Waals surface area contributed by atoms with Gasteiger partial charge in [0.2, 0.25) is 0 Å². The molecule has 1 aliphatic heterocycles. The van der Waals surface area contributed by atoms with Gasteiger partial charge in [-0.15, -0.1) is 11.3 Å². The lowest BCUT2D eigenvalue weighted by Crippen LogP contribution is -2.38. The third-order valence-corrected chi connectivity index (χ3v) is 4.86. The molecule has 2 rings (SSSR count). The number of nitrogens with zero attached hydrogens (tertiary/aromatic N) is 1. The van der Waals surface area contributed by atoms with Crippen LogP contribution in [0.4, 0.5) is 0 Å². The van der Waals surface area contributed by atoms with Crippen LogP contribution in [0.2, 0.25) is 0 Å². The quantitative estimate of drug-likeness (QED) is 0.412. The van der Waals surface area contributed by atoms with E-state index in [4.69, 9.17) is 9.47 Å². The molecule has 6 heteroatoms. The zero-order valence-corrected chi connectivity index (χ0v) is 15.0. The molecular formula is C17H29N3O2S. The van der Waals surface area contributed by atoms with Crippen LogP contribution in [-0.4, -0.2) is 51.5 Å². The first-order valence-corrected chi connectivity index (χ1v) is 9.42. The summed E-state index contributed by atoms with van der Waals surface area (Å²) in [4.78, 5) is 6.07. The smallest absolute Gasteiger partial charge is 0.191 e. The lowest BCUT2D eigenvalue weighted by molar-refractivity contribution is 0.0420. The van der Waals surface area contributed by atoms with Crippen LogP contribution in [0, 0.1) is 0 Å². The summed E-state index contributed by atoms with van der Waals surface area (Å²) in [6.45, 7) is 9.19. The fourth-order valence-corrected chi connectivity index (χ4v) is 3.18. The molecule has 1 aromatic rings. The van der Waals surface area contributed by atoms with Crippen LogP contribution in [0.3, 0.4) is 0 Å². The van der Waals surface area contributed by atoms with Crippen LogP contribution in [-0.2, 0) is 9.47 Å². The number of hydrogen-bond donors (Lipinski definition) is 2. The van der Waals surface area contributed by atoms with E-state index in [1.807, 2.05) is 0 Å². The van der Waals surface area contributed by atoms with Gasteiger partial charge < -0.3 is 20.1 Å². The Labute approximate surface area is 143 Å². The maximum Gasteiger partial charge on any atom is 0.191 e. The van der Waals surface area contributed by atoms with Crippen molar-refractivity contribution in [1.82, 2.24) is 10.6 Å². The standard InChI is InChI=1S/C17H29N3O2S/c1-3-18-17(20-12-14(2)16-6-4-11-23-16)19-8-5-9-22-15-7-10-21-13-15/h4,6,11,14-15H,3,5,7-10,12-13H2,1-2H3,(H2,18,19,20). The molecule has 0 aromatic carbocycles. The highest BCUT2D eigenvalue weighted by atomic mass is 32.1. The molecule has 23 heavy (non-hydrogen) atoms. The van der Waals surface area contributed by atoms with Crippen molar-refractivity contribution in [3.63, 3.8) is 0 Å². The van der Waals surface area contributed by atoms with Crippen LogP contribution in [0.5, 0.6) is 0 Å². The number of aliphatic imine (C=N–C) groups is 1. The number of guanidine groups is 1. The van der Waals surface area contributed by atoms with Crippen LogP contribution < -0.4 is 10.6 Å². The Morgan fingerprint density at radius 2 is 2.43 bits per heavy atom. The van der Waals surface area contributed by atoms with E-state index in [2.05, 4.69) is 47.0 Å². The van der Waals surface area contributed by atoms with Gasteiger partial charge in [0.05, 0.1) is 19.3 Å². The van der Waals surface area contributed by atoms with Gasteiger partial charge in [-0.05, 0) is 31.2 Å². The highest BCUT2D eigenvalue weighted by Crippen LogP contribution is 2.20. The molecule has 2 unspecified atom stereocenters. The average molecular weight is 340 g/mol. The maximum absolute atomic E-state index is 5.77. The molecule has 0 bridgehead atoms. The van der Waals surface area contributed by atoms with Crippen molar-refractivity contribution < 1.29 is 9.47 Å². The molecule has 2 atom stereocenters.